The number of pyridine rings is 1. The molecule has 2 heterocycles. The van der Waals surface area contributed by atoms with Gasteiger partial charge in [-0.3, -0.25) is 9.48 Å². The van der Waals surface area contributed by atoms with Gasteiger partial charge in [0.15, 0.2) is 0 Å². The van der Waals surface area contributed by atoms with E-state index in [4.69, 9.17) is 11.6 Å². The van der Waals surface area contributed by atoms with Crippen LogP contribution in [0.4, 0.5) is 5.69 Å². The van der Waals surface area contributed by atoms with Gasteiger partial charge in [0.25, 0.3) is 0 Å². The molecule has 1 amide bonds. The molecule has 6 heteroatoms. The van der Waals surface area contributed by atoms with Gasteiger partial charge in [-0.1, -0.05) is 11.6 Å². The van der Waals surface area contributed by atoms with E-state index in [1.54, 1.807) is 29.9 Å². The van der Waals surface area contributed by atoms with Gasteiger partial charge in [0, 0.05) is 25.4 Å². The first-order valence-corrected chi connectivity index (χ1v) is 5.93. The van der Waals surface area contributed by atoms with Gasteiger partial charge in [-0.15, -0.1) is 0 Å². The van der Waals surface area contributed by atoms with Crippen LogP contribution in [0.5, 0.6) is 0 Å². The van der Waals surface area contributed by atoms with Crippen molar-refractivity contribution in [1.82, 2.24) is 14.8 Å². The maximum Gasteiger partial charge on any atom is 0.226 e. The fourth-order valence-corrected chi connectivity index (χ4v) is 1.71. The highest BCUT2D eigenvalue weighted by atomic mass is 35.5. The van der Waals surface area contributed by atoms with Gasteiger partial charge in [-0.25, -0.2) is 4.98 Å². The van der Waals surface area contributed by atoms with Crippen LogP contribution in [-0.4, -0.2) is 20.7 Å². The van der Waals surface area contributed by atoms with Crippen LogP contribution in [0, 0.1) is 6.92 Å². The van der Waals surface area contributed by atoms with Crippen LogP contribution in [0.3, 0.4) is 0 Å². The molecule has 0 aromatic carbocycles. The maximum absolute atomic E-state index is 11.7. The molecule has 94 valence electrons. The number of nitrogens with one attached hydrogen (secondary N) is 1. The van der Waals surface area contributed by atoms with Crippen molar-refractivity contribution in [3.8, 4) is 0 Å². The molecule has 0 saturated heterocycles. The van der Waals surface area contributed by atoms with Gasteiger partial charge in [0.1, 0.15) is 5.15 Å². The highest BCUT2D eigenvalue weighted by molar-refractivity contribution is 6.29. The molecular weight excluding hydrogens is 252 g/mol. The molecule has 0 saturated carbocycles. The minimum absolute atomic E-state index is 0.0716. The Kier molecular flexibility index (Phi) is 3.94. The summed E-state index contributed by atoms with van der Waals surface area (Å²) in [7, 11) is 0. The number of hydrogen-bond acceptors (Lipinski definition) is 3. The highest BCUT2D eigenvalue weighted by Crippen LogP contribution is 2.15. The molecule has 0 spiro atoms. The number of halogens is 1. The van der Waals surface area contributed by atoms with Crippen LogP contribution >= 0.6 is 11.6 Å². The summed E-state index contributed by atoms with van der Waals surface area (Å²) in [6.45, 7) is 2.36. The number of carbonyl (C=O) groups is 1. The van der Waals surface area contributed by atoms with Crippen molar-refractivity contribution in [1.29, 1.82) is 0 Å². The van der Waals surface area contributed by atoms with Gasteiger partial charge in [0.2, 0.25) is 5.91 Å². The Labute approximate surface area is 110 Å². The van der Waals surface area contributed by atoms with E-state index in [2.05, 4.69) is 15.4 Å². The van der Waals surface area contributed by atoms with Gasteiger partial charge in [-0.2, -0.15) is 5.10 Å². The van der Waals surface area contributed by atoms with Gasteiger partial charge < -0.3 is 5.32 Å². The normalized spacial score (nSPS) is 10.3. The number of amides is 1. The number of carbonyl (C=O) groups excluding carboxylic acids is 1. The molecule has 0 radical (unpaired) electrons. The molecule has 0 aliphatic heterocycles. The summed E-state index contributed by atoms with van der Waals surface area (Å²) in [5.74, 6) is -0.0716. The molecule has 2 aromatic heterocycles. The molecule has 18 heavy (non-hydrogen) atoms. The van der Waals surface area contributed by atoms with Crippen molar-refractivity contribution in [2.45, 2.75) is 19.9 Å². The maximum atomic E-state index is 11.7. The third-order valence-electron chi connectivity index (χ3n) is 2.45. The molecule has 0 unspecified atom stereocenters. The standard InChI is InChI=1S/C12H13ClN4O/c1-9-10(3-4-11(13)15-9)16-12(18)5-8-17-7-2-6-14-17/h2-4,6-7H,5,8H2,1H3,(H,16,18). The van der Waals surface area contributed by atoms with E-state index in [9.17, 15) is 4.79 Å². The zero-order valence-corrected chi connectivity index (χ0v) is 10.7. The van der Waals surface area contributed by atoms with E-state index in [-0.39, 0.29) is 5.91 Å². The largest absolute Gasteiger partial charge is 0.324 e. The first-order valence-electron chi connectivity index (χ1n) is 5.55. The lowest BCUT2D eigenvalue weighted by Crippen LogP contribution is -2.15. The van der Waals surface area contributed by atoms with Crippen LogP contribution in [0.15, 0.2) is 30.6 Å². The second kappa shape index (κ2) is 5.64. The summed E-state index contributed by atoms with van der Waals surface area (Å²) < 4.78 is 1.71. The predicted octanol–water partition coefficient (Wildman–Crippen LogP) is 2.27. The summed E-state index contributed by atoms with van der Waals surface area (Å²) in [5, 5.41) is 7.25. The van der Waals surface area contributed by atoms with Gasteiger partial charge >= 0.3 is 0 Å². The summed E-state index contributed by atoms with van der Waals surface area (Å²) in [4.78, 5) is 15.8. The smallest absolute Gasteiger partial charge is 0.226 e. The van der Waals surface area contributed by atoms with Crippen molar-refractivity contribution in [3.05, 3.63) is 41.4 Å². The van der Waals surface area contributed by atoms with Gasteiger partial charge in [0.05, 0.1) is 11.4 Å². The average Bonchev–Trinajstić information content (AvgIpc) is 2.83. The Balaban J connectivity index is 1.91. The molecule has 0 fully saturated rings. The summed E-state index contributed by atoms with van der Waals surface area (Å²) in [5.41, 5.74) is 1.39. The van der Waals surface area contributed by atoms with E-state index in [1.165, 1.54) is 0 Å². The molecule has 2 rings (SSSR count). The third-order valence-corrected chi connectivity index (χ3v) is 2.66. The highest BCUT2D eigenvalue weighted by Gasteiger charge is 2.06. The molecule has 2 aromatic rings. The van der Waals surface area contributed by atoms with Gasteiger partial charge in [-0.05, 0) is 25.1 Å². The third kappa shape index (κ3) is 3.30. The van der Waals surface area contributed by atoms with Crippen LogP contribution in [0.25, 0.3) is 0 Å². The fourth-order valence-electron chi connectivity index (χ4n) is 1.52. The summed E-state index contributed by atoms with van der Waals surface area (Å²) >= 11 is 5.75. The first kappa shape index (κ1) is 12.6. The van der Waals surface area contributed by atoms with E-state index < -0.39 is 0 Å². The lowest BCUT2D eigenvalue weighted by atomic mass is 10.3. The topological polar surface area (TPSA) is 59.8 Å². The number of aryl methyl sites for hydroxylation is 2. The Bertz CT molecular complexity index is 539. The van der Waals surface area contributed by atoms with Crippen molar-refractivity contribution >= 4 is 23.2 Å². The molecule has 0 aliphatic carbocycles. The Morgan fingerprint density at radius 1 is 1.50 bits per heavy atom. The quantitative estimate of drug-likeness (QED) is 0.862. The molecule has 0 bridgehead atoms. The second-order valence-corrected chi connectivity index (χ2v) is 4.22. The Morgan fingerprint density at radius 2 is 2.33 bits per heavy atom. The molecule has 1 N–H and O–H groups in total. The summed E-state index contributed by atoms with van der Waals surface area (Å²) in [6.07, 6.45) is 3.87. The first-order chi connectivity index (χ1) is 8.65. The minimum atomic E-state index is -0.0716. The van der Waals surface area contributed by atoms with Crippen LogP contribution in [0.1, 0.15) is 12.1 Å². The lowest BCUT2D eigenvalue weighted by molar-refractivity contribution is -0.116. The lowest BCUT2D eigenvalue weighted by Gasteiger charge is -2.07. The average molecular weight is 265 g/mol. The SMILES string of the molecule is Cc1nc(Cl)ccc1NC(=O)CCn1cccn1. The minimum Gasteiger partial charge on any atom is -0.324 e. The molecule has 5 nitrogen and oxygen atoms in total. The molecule has 0 atom stereocenters. The van der Waals surface area contributed by atoms with Crippen molar-refractivity contribution < 1.29 is 4.79 Å². The number of hydrogen-bond donors (Lipinski definition) is 1. The van der Waals surface area contributed by atoms with E-state index in [1.807, 2.05) is 12.3 Å². The number of nitrogens with zero attached hydrogens (tertiary/aromatic N) is 3. The van der Waals surface area contributed by atoms with Crippen LogP contribution < -0.4 is 5.32 Å². The zero-order chi connectivity index (χ0) is 13.0. The molecule has 0 aliphatic rings. The number of aromatic nitrogens is 3. The number of anilines is 1. The van der Waals surface area contributed by atoms with E-state index >= 15 is 0 Å². The van der Waals surface area contributed by atoms with Crippen molar-refractivity contribution in [2.75, 3.05) is 5.32 Å². The summed E-state index contributed by atoms with van der Waals surface area (Å²) in [6, 6.07) is 5.22. The van der Waals surface area contributed by atoms with Crippen molar-refractivity contribution in [3.63, 3.8) is 0 Å². The van der Waals surface area contributed by atoms with Crippen molar-refractivity contribution in [2.24, 2.45) is 0 Å². The number of rotatable bonds is 4. The van der Waals surface area contributed by atoms with Crippen LogP contribution in [-0.2, 0) is 11.3 Å². The molecular formula is C12H13ClN4O. The Morgan fingerprint density at radius 3 is 3.00 bits per heavy atom. The van der Waals surface area contributed by atoms with E-state index in [0.717, 1.165) is 0 Å². The zero-order valence-electron chi connectivity index (χ0n) is 9.93. The second-order valence-electron chi connectivity index (χ2n) is 3.83. The Hall–Kier alpha value is -1.88. The predicted molar refractivity (Wildman–Crippen MR) is 69.5 cm³/mol. The van der Waals surface area contributed by atoms with E-state index in [0.29, 0.717) is 29.5 Å². The monoisotopic (exact) mass is 264 g/mol. The van der Waals surface area contributed by atoms with Crippen LogP contribution in [0.2, 0.25) is 5.15 Å². The fraction of sp³-hybridized carbons (Fsp3) is 0.250.